The molecule has 2 aromatic heterocycles. The standard InChI is InChI=1S/C16H16N4O4.ClH/c1-23-15(21)19-9-13-10-20(16(22)24-13)12-4-5-14(18-8-12)11-3-2-6-17-7-11;/h2-8,13H,9-10H2,1H3,(H,19,21);1H/t13-;/m0./s1. The van der Waals surface area contributed by atoms with Gasteiger partial charge in [-0.1, -0.05) is 0 Å². The molecule has 1 aliphatic heterocycles. The van der Waals surface area contributed by atoms with Crippen LogP contribution in [-0.4, -0.2) is 48.5 Å². The average Bonchev–Trinajstić information content (AvgIpc) is 3.01. The van der Waals surface area contributed by atoms with Crippen LogP contribution in [0.1, 0.15) is 0 Å². The molecule has 1 aliphatic rings. The molecule has 1 atom stereocenters. The van der Waals surface area contributed by atoms with Crippen LogP contribution < -0.4 is 10.2 Å². The van der Waals surface area contributed by atoms with E-state index in [9.17, 15) is 9.59 Å². The van der Waals surface area contributed by atoms with Crippen LogP contribution >= 0.6 is 12.4 Å². The van der Waals surface area contributed by atoms with Crippen molar-refractivity contribution in [1.82, 2.24) is 15.3 Å². The first-order valence-electron chi connectivity index (χ1n) is 7.34. The van der Waals surface area contributed by atoms with Crippen LogP contribution in [0.4, 0.5) is 15.3 Å². The highest BCUT2D eigenvalue weighted by atomic mass is 35.5. The summed E-state index contributed by atoms with van der Waals surface area (Å²) in [4.78, 5) is 32.9. The number of nitrogens with one attached hydrogen (secondary N) is 1. The van der Waals surface area contributed by atoms with Crippen molar-refractivity contribution in [2.45, 2.75) is 6.10 Å². The summed E-state index contributed by atoms with van der Waals surface area (Å²) in [5.74, 6) is 0. The number of nitrogens with zero attached hydrogens (tertiary/aromatic N) is 3. The van der Waals surface area contributed by atoms with Crippen LogP contribution in [0, 0.1) is 0 Å². The van der Waals surface area contributed by atoms with Gasteiger partial charge in [-0.2, -0.15) is 0 Å². The Hall–Kier alpha value is -2.87. The lowest BCUT2D eigenvalue weighted by molar-refractivity contribution is 0.132. The fourth-order valence-electron chi connectivity index (χ4n) is 2.34. The number of hydrogen-bond acceptors (Lipinski definition) is 6. The Morgan fingerprint density at radius 2 is 2.24 bits per heavy atom. The Morgan fingerprint density at radius 3 is 2.88 bits per heavy atom. The number of pyridine rings is 2. The predicted octanol–water partition coefficient (Wildman–Crippen LogP) is 2.25. The van der Waals surface area contributed by atoms with Gasteiger partial charge >= 0.3 is 12.2 Å². The molecule has 3 rings (SSSR count). The molecule has 0 aromatic carbocycles. The number of aromatic nitrogens is 2. The van der Waals surface area contributed by atoms with E-state index in [1.54, 1.807) is 24.7 Å². The third-order valence-corrected chi connectivity index (χ3v) is 3.55. The maximum absolute atomic E-state index is 12.0. The normalized spacial score (nSPS) is 16.0. The Balaban J connectivity index is 0.00000225. The van der Waals surface area contributed by atoms with Gasteiger partial charge in [0.15, 0.2) is 0 Å². The van der Waals surface area contributed by atoms with Crippen molar-refractivity contribution in [3.63, 3.8) is 0 Å². The van der Waals surface area contributed by atoms with Gasteiger partial charge in [-0.25, -0.2) is 9.59 Å². The minimum absolute atomic E-state index is 0. The monoisotopic (exact) mass is 364 g/mol. The molecule has 1 saturated heterocycles. The van der Waals surface area contributed by atoms with Crippen LogP contribution in [-0.2, 0) is 9.47 Å². The molecule has 0 spiro atoms. The molecule has 0 saturated carbocycles. The molecule has 1 fully saturated rings. The summed E-state index contributed by atoms with van der Waals surface area (Å²) >= 11 is 0. The molecule has 1 N–H and O–H groups in total. The second-order valence-electron chi connectivity index (χ2n) is 5.13. The number of halogens is 1. The first kappa shape index (κ1) is 18.5. The minimum Gasteiger partial charge on any atom is -0.453 e. The number of cyclic esters (lactones) is 1. The maximum atomic E-state index is 12.0. The van der Waals surface area contributed by atoms with E-state index in [0.29, 0.717) is 12.2 Å². The minimum atomic E-state index is -0.563. The maximum Gasteiger partial charge on any atom is 0.414 e. The summed E-state index contributed by atoms with van der Waals surface area (Å²) < 4.78 is 9.70. The van der Waals surface area contributed by atoms with Crippen molar-refractivity contribution in [2.24, 2.45) is 0 Å². The van der Waals surface area contributed by atoms with Crippen molar-refractivity contribution < 1.29 is 19.1 Å². The van der Waals surface area contributed by atoms with E-state index in [4.69, 9.17) is 4.74 Å². The highest BCUT2D eigenvalue weighted by Crippen LogP contribution is 2.23. The quantitative estimate of drug-likeness (QED) is 0.894. The zero-order valence-corrected chi connectivity index (χ0v) is 14.2. The van der Waals surface area contributed by atoms with Gasteiger partial charge < -0.3 is 14.8 Å². The fraction of sp³-hybridized carbons (Fsp3) is 0.250. The van der Waals surface area contributed by atoms with Crippen molar-refractivity contribution in [1.29, 1.82) is 0 Å². The number of carbonyl (C=O) groups is 2. The molecule has 2 aromatic rings. The first-order chi connectivity index (χ1) is 11.7. The summed E-state index contributed by atoms with van der Waals surface area (Å²) in [5.41, 5.74) is 2.30. The highest BCUT2D eigenvalue weighted by Gasteiger charge is 2.32. The molecule has 9 heteroatoms. The van der Waals surface area contributed by atoms with Crippen LogP contribution in [0.25, 0.3) is 11.3 Å². The van der Waals surface area contributed by atoms with Crippen LogP contribution in [0.3, 0.4) is 0 Å². The first-order valence-corrected chi connectivity index (χ1v) is 7.34. The summed E-state index contributed by atoms with van der Waals surface area (Å²) in [6.07, 6.45) is 3.56. The van der Waals surface area contributed by atoms with E-state index in [2.05, 4.69) is 20.0 Å². The molecular weight excluding hydrogens is 348 g/mol. The van der Waals surface area contributed by atoms with Crippen LogP contribution in [0.2, 0.25) is 0 Å². The third-order valence-electron chi connectivity index (χ3n) is 3.55. The van der Waals surface area contributed by atoms with Crippen molar-refractivity contribution in [3.05, 3.63) is 42.9 Å². The third kappa shape index (κ3) is 4.36. The van der Waals surface area contributed by atoms with Crippen LogP contribution in [0.5, 0.6) is 0 Å². The topological polar surface area (TPSA) is 93.6 Å². The van der Waals surface area contributed by atoms with E-state index in [0.717, 1.165) is 11.3 Å². The average molecular weight is 365 g/mol. The Morgan fingerprint density at radius 1 is 1.40 bits per heavy atom. The van der Waals surface area contributed by atoms with Gasteiger partial charge in [0.1, 0.15) is 6.10 Å². The van der Waals surface area contributed by atoms with E-state index in [1.165, 1.54) is 12.0 Å². The van der Waals surface area contributed by atoms with Crippen molar-refractivity contribution >= 4 is 30.3 Å². The largest absolute Gasteiger partial charge is 0.453 e. The number of carbonyl (C=O) groups excluding carboxylic acids is 2. The van der Waals surface area contributed by atoms with Crippen molar-refractivity contribution in [2.75, 3.05) is 25.1 Å². The number of alkyl carbamates (subject to hydrolysis) is 1. The fourth-order valence-corrected chi connectivity index (χ4v) is 2.34. The molecule has 0 unspecified atom stereocenters. The Kier molecular flexibility index (Phi) is 6.13. The summed E-state index contributed by atoms with van der Waals surface area (Å²) in [6.45, 7) is 0.521. The van der Waals surface area contributed by atoms with E-state index >= 15 is 0 Å². The number of anilines is 1. The lowest BCUT2D eigenvalue weighted by Gasteiger charge is -2.13. The smallest absolute Gasteiger partial charge is 0.414 e. The Labute approximate surface area is 150 Å². The molecule has 0 bridgehead atoms. The zero-order chi connectivity index (χ0) is 16.9. The summed E-state index contributed by atoms with van der Waals surface area (Å²) in [7, 11) is 1.28. The second-order valence-corrected chi connectivity index (χ2v) is 5.13. The summed E-state index contributed by atoms with van der Waals surface area (Å²) in [5, 5.41) is 2.51. The lowest BCUT2D eigenvalue weighted by atomic mass is 10.2. The molecule has 8 nitrogen and oxygen atoms in total. The molecule has 0 aliphatic carbocycles. The van der Waals surface area contributed by atoms with Crippen molar-refractivity contribution in [3.8, 4) is 11.3 Å². The molecule has 3 heterocycles. The predicted molar refractivity (Wildman–Crippen MR) is 92.7 cm³/mol. The van der Waals surface area contributed by atoms with E-state index < -0.39 is 18.3 Å². The van der Waals surface area contributed by atoms with Gasteiger partial charge in [-0.15, -0.1) is 12.4 Å². The molecule has 0 radical (unpaired) electrons. The molecule has 132 valence electrons. The molecule has 25 heavy (non-hydrogen) atoms. The Bertz CT molecular complexity index is 727. The highest BCUT2D eigenvalue weighted by molar-refractivity contribution is 5.89. The number of amides is 2. The molecular formula is C16H17ClN4O4. The number of ether oxygens (including phenoxy) is 2. The zero-order valence-electron chi connectivity index (χ0n) is 13.4. The number of rotatable bonds is 4. The van der Waals surface area contributed by atoms with Crippen LogP contribution in [0.15, 0.2) is 42.9 Å². The van der Waals surface area contributed by atoms with Gasteiger partial charge in [-0.05, 0) is 24.3 Å². The summed E-state index contributed by atoms with van der Waals surface area (Å²) in [6, 6.07) is 7.36. The van der Waals surface area contributed by atoms with Gasteiger partial charge in [0, 0.05) is 18.0 Å². The van der Waals surface area contributed by atoms with E-state index in [-0.39, 0.29) is 19.0 Å². The SMILES string of the molecule is COC(=O)NC[C@H]1CN(c2ccc(-c3cccnc3)nc2)C(=O)O1.Cl. The lowest BCUT2D eigenvalue weighted by Crippen LogP contribution is -2.34. The number of hydrogen-bond donors (Lipinski definition) is 1. The molecule has 2 amide bonds. The number of methoxy groups -OCH3 is 1. The van der Waals surface area contributed by atoms with Gasteiger partial charge in [0.25, 0.3) is 0 Å². The van der Waals surface area contributed by atoms with Gasteiger partial charge in [0.2, 0.25) is 0 Å². The van der Waals surface area contributed by atoms with Gasteiger partial charge in [-0.3, -0.25) is 14.9 Å². The second kappa shape index (κ2) is 8.29. The van der Waals surface area contributed by atoms with Gasteiger partial charge in [0.05, 0.1) is 37.8 Å². The van der Waals surface area contributed by atoms with E-state index in [1.807, 2.05) is 18.2 Å².